The zero-order chi connectivity index (χ0) is 16.1. The largest absolute Gasteiger partial charge is 0.496 e. The van der Waals surface area contributed by atoms with Gasteiger partial charge in [-0.25, -0.2) is 0 Å². The molecule has 0 saturated carbocycles. The van der Waals surface area contributed by atoms with Gasteiger partial charge in [-0.2, -0.15) is 0 Å². The van der Waals surface area contributed by atoms with Gasteiger partial charge in [-0.1, -0.05) is 18.2 Å². The van der Waals surface area contributed by atoms with Crippen molar-refractivity contribution in [3.63, 3.8) is 0 Å². The van der Waals surface area contributed by atoms with E-state index in [0.29, 0.717) is 13.0 Å². The molecule has 2 aromatic rings. The molecule has 0 aliphatic carbocycles. The number of benzene rings is 1. The number of hydrogen-bond donors (Lipinski definition) is 1. The van der Waals surface area contributed by atoms with Crippen LogP contribution in [0.25, 0.3) is 0 Å². The number of nitrogens with one attached hydrogen (secondary N) is 1. The summed E-state index contributed by atoms with van der Waals surface area (Å²) in [5, 5.41) is 2.98. The molecule has 0 spiro atoms. The molecule has 0 saturated heterocycles. The van der Waals surface area contributed by atoms with Crippen molar-refractivity contribution in [3.8, 4) is 5.75 Å². The molecule has 1 heterocycles. The molecule has 118 valence electrons. The number of nitrogens with zero attached hydrogens (tertiary/aromatic N) is 1. The summed E-state index contributed by atoms with van der Waals surface area (Å²) in [4.78, 5) is 12.1. The molecule has 0 fully saturated rings. The smallest absolute Gasteiger partial charge is 0.224 e. The van der Waals surface area contributed by atoms with Crippen LogP contribution in [-0.2, 0) is 24.7 Å². The highest BCUT2D eigenvalue weighted by Crippen LogP contribution is 2.17. The third-order valence-corrected chi connectivity index (χ3v) is 4.14. The standard InChI is InChI=1S/C18H24N2O2/c1-13-11-15(14(2)20(13)3)9-10-19-18(21)12-16-7-5-6-8-17(16)22-4/h5-8,11H,9-10,12H2,1-4H3,(H,19,21). The van der Waals surface area contributed by atoms with E-state index in [1.54, 1.807) is 7.11 Å². The minimum atomic E-state index is 0.0230. The average Bonchev–Trinajstić information content (AvgIpc) is 2.75. The van der Waals surface area contributed by atoms with Crippen molar-refractivity contribution in [1.29, 1.82) is 0 Å². The summed E-state index contributed by atoms with van der Waals surface area (Å²) >= 11 is 0. The number of ether oxygens (including phenoxy) is 1. The zero-order valence-electron chi connectivity index (χ0n) is 13.8. The van der Waals surface area contributed by atoms with Crippen molar-refractivity contribution >= 4 is 5.91 Å². The van der Waals surface area contributed by atoms with Gasteiger partial charge >= 0.3 is 0 Å². The minimum absolute atomic E-state index is 0.0230. The van der Waals surface area contributed by atoms with Gasteiger partial charge in [0.2, 0.25) is 5.91 Å². The normalized spacial score (nSPS) is 10.5. The van der Waals surface area contributed by atoms with Crippen molar-refractivity contribution < 1.29 is 9.53 Å². The first-order valence-corrected chi connectivity index (χ1v) is 7.53. The summed E-state index contributed by atoms with van der Waals surface area (Å²) in [6.45, 7) is 4.86. The van der Waals surface area contributed by atoms with Crippen LogP contribution in [0.1, 0.15) is 22.5 Å². The van der Waals surface area contributed by atoms with Crippen LogP contribution >= 0.6 is 0 Å². The third-order valence-electron chi connectivity index (χ3n) is 4.14. The number of rotatable bonds is 6. The summed E-state index contributed by atoms with van der Waals surface area (Å²) in [7, 11) is 3.69. The molecular weight excluding hydrogens is 276 g/mol. The molecule has 0 atom stereocenters. The van der Waals surface area contributed by atoms with Gasteiger partial charge in [-0.15, -0.1) is 0 Å². The van der Waals surface area contributed by atoms with Crippen LogP contribution in [0.3, 0.4) is 0 Å². The van der Waals surface area contributed by atoms with E-state index >= 15 is 0 Å². The Balaban J connectivity index is 1.87. The maximum absolute atomic E-state index is 12.1. The predicted molar refractivity (Wildman–Crippen MR) is 88.3 cm³/mol. The van der Waals surface area contributed by atoms with E-state index in [1.165, 1.54) is 17.0 Å². The van der Waals surface area contributed by atoms with Gasteiger partial charge in [-0.3, -0.25) is 4.79 Å². The van der Waals surface area contributed by atoms with Gasteiger partial charge in [0, 0.05) is 30.5 Å². The van der Waals surface area contributed by atoms with Crippen LogP contribution in [0.15, 0.2) is 30.3 Å². The molecule has 1 aromatic heterocycles. The number of aryl methyl sites for hydroxylation is 1. The van der Waals surface area contributed by atoms with Crippen molar-refractivity contribution in [2.75, 3.05) is 13.7 Å². The van der Waals surface area contributed by atoms with Gasteiger partial charge in [-0.05, 0) is 38.0 Å². The summed E-state index contributed by atoms with van der Waals surface area (Å²) in [6.07, 6.45) is 1.20. The van der Waals surface area contributed by atoms with E-state index in [-0.39, 0.29) is 5.91 Å². The van der Waals surface area contributed by atoms with Crippen molar-refractivity contribution in [1.82, 2.24) is 9.88 Å². The number of amides is 1. The van der Waals surface area contributed by atoms with E-state index in [0.717, 1.165) is 17.7 Å². The Morgan fingerprint density at radius 2 is 1.95 bits per heavy atom. The van der Waals surface area contributed by atoms with E-state index in [9.17, 15) is 4.79 Å². The molecule has 1 amide bonds. The molecule has 0 aliphatic heterocycles. The first-order valence-electron chi connectivity index (χ1n) is 7.53. The number of carbonyl (C=O) groups is 1. The lowest BCUT2D eigenvalue weighted by Gasteiger charge is -2.09. The first kappa shape index (κ1) is 16.1. The van der Waals surface area contributed by atoms with Crippen molar-refractivity contribution in [2.45, 2.75) is 26.7 Å². The fourth-order valence-electron chi connectivity index (χ4n) is 2.61. The van der Waals surface area contributed by atoms with E-state index in [2.05, 4.69) is 36.8 Å². The Morgan fingerprint density at radius 1 is 1.23 bits per heavy atom. The van der Waals surface area contributed by atoms with Gasteiger partial charge in [0.25, 0.3) is 0 Å². The highest BCUT2D eigenvalue weighted by molar-refractivity contribution is 5.79. The second kappa shape index (κ2) is 7.16. The number of hydrogen-bond acceptors (Lipinski definition) is 2. The summed E-state index contributed by atoms with van der Waals surface area (Å²) in [5.74, 6) is 0.780. The molecule has 2 rings (SSSR count). The third kappa shape index (κ3) is 3.70. The maximum atomic E-state index is 12.1. The fourth-order valence-corrected chi connectivity index (χ4v) is 2.61. The van der Waals surface area contributed by atoms with Crippen molar-refractivity contribution in [3.05, 3.63) is 52.8 Å². The molecule has 0 aliphatic rings. The van der Waals surface area contributed by atoms with E-state index in [1.807, 2.05) is 24.3 Å². The fraction of sp³-hybridized carbons (Fsp3) is 0.389. The van der Waals surface area contributed by atoms with Gasteiger partial charge in [0.1, 0.15) is 5.75 Å². The van der Waals surface area contributed by atoms with Gasteiger partial charge < -0.3 is 14.6 Å². The summed E-state index contributed by atoms with van der Waals surface area (Å²) in [6, 6.07) is 9.80. The second-order valence-corrected chi connectivity index (χ2v) is 5.54. The second-order valence-electron chi connectivity index (χ2n) is 5.54. The van der Waals surface area contributed by atoms with E-state index in [4.69, 9.17) is 4.74 Å². The lowest BCUT2D eigenvalue weighted by molar-refractivity contribution is -0.120. The summed E-state index contributed by atoms with van der Waals surface area (Å²) < 4.78 is 7.44. The number of para-hydroxylation sites is 1. The Morgan fingerprint density at radius 3 is 2.59 bits per heavy atom. The van der Waals surface area contributed by atoms with Crippen LogP contribution in [0, 0.1) is 13.8 Å². The highest BCUT2D eigenvalue weighted by atomic mass is 16.5. The van der Waals surface area contributed by atoms with Crippen LogP contribution in [-0.4, -0.2) is 24.1 Å². The lowest BCUT2D eigenvalue weighted by Crippen LogP contribution is -2.27. The zero-order valence-corrected chi connectivity index (χ0v) is 13.8. The topological polar surface area (TPSA) is 43.3 Å². The molecule has 1 aromatic carbocycles. The first-order chi connectivity index (χ1) is 10.5. The van der Waals surface area contributed by atoms with Crippen LogP contribution in [0.4, 0.5) is 0 Å². The Hall–Kier alpha value is -2.23. The summed E-state index contributed by atoms with van der Waals surface area (Å²) in [5.41, 5.74) is 4.70. The van der Waals surface area contributed by atoms with Gasteiger partial charge in [0.05, 0.1) is 13.5 Å². The molecule has 1 N–H and O–H groups in total. The monoisotopic (exact) mass is 300 g/mol. The average molecular weight is 300 g/mol. The molecule has 0 bridgehead atoms. The Kier molecular flexibility index (Phi) is 5.26. The maximum Gasteiger partial charge on any atom is 0.224 e. The van der Waals surface area contributed by atoms with Crippen LogP contribution < -0.4 is 10.1 Å². The minimum Gasteiger partial charge on any atom is -0.496 e. The number of aromatic nitrogens is 1. The molecular formula is C18H24N2O2. The quantitative estimate of drug-likeness (QED) is 0.891. The molecule has 0 radical (unpaired) electrons. The molecule has 0 unspecified atom stereocenters. The van der Waals surface area contributed by atoms with Crippen LogP contribution in [0.2, 0.25) is 0 Å². The SMILES string of the molecule is COc1ccccc1CC(=O)NCCc1cc(C)n(C)c1C. The number of carbonyl (C=O) groups excluding carboxylic acids is 1. The Labute approximate surface area is 132 Å². The number of methoxy groups -OCH3 is 1. The van der Waals surface area contributed by atoms with Crippen molar-refractivity contribution in [2.24, 2.45) is 7.05 Å². The Bertz CT molecular complexity index is 659. The van der Waals surface area contributed by atoms with E-state index < -0.39 is 0 Å². The molecule has 4 heteroatoms. The lowest BCUT2D eigenvalue weighted by atomic mass is 10.1. The molecule has 4 nitrogen and oxygen atoms in total. The highest BCUT2D eigenvalue weighted by Gasteiger charge is 2.09. The van der Waals surface area contributed by atoms with Gasteiger partial charge in [0.15, 0.2) is 0 Å². The predicted octanol–water partition coefficient (Wildman–Crippen LogP) is 2.55. The molecule has 22 heavy (non-hydrogen) atoms. The van der Waals surface area contributed by atoms with Crippen LogP contribution in [0.5, 0.6) is 5.75 Å².